The summed E-state index contributed by atoms with van der Waals surface area (Å²) in [6.07, 6.45) is 1.82. The van der Waals surface area contributed by atoms with Gasteiger partial charge in [0.1, 0.15) is 0 Å². The second-order valence-electron chi connectivity index (χ2n) is 5.99. The number of rotatable bonds is 6. The number of sulfone groups is 1. The van der Waals surface area contributed by atoms with Gasteiger partial charge >= 0.3 is 0 Å². The number of nitrogens with one attached hydrogen (secondary N) is 1. The fourth-order valence-corrected chi connectivity index (χ4v) is 3.48. The molecule has 1 N–H and O–H groups in total. The summed E-state index contributed by atoms with van der Waals surface area (Å²) in [6, 6.07) is 13.4. The number of amides is 2. The van der Waals surface area contributed by atoms with Crippen molar-refractivity contribution in [1.29, 1.82) is 0 Å². The highest BCUT2D eigenvalue weighted by Gasteiger charge is 2.22. The van der Waals surface area contributed by atoms with Gasteiger partial charge in [-0.15, -0.1) is 0 Å². The summed E-state index contributed by atoms with van der Waals surface area (Å²) in [4.78, 5) is 26.0. The van der Waals surface area contributed by atoms with E-state index in [-0.39, 0.29) is 22.9 Å². The van der Waals surface area contributed by atoms with E-state index in [2.05, 4.69) is 5.32 Å². The SMILES string of the molecule is CCc1ccccc1NC(=O)CN(C)C(=O)c1ccccc1S(C)(=O)=O. The summed E-state index contributed by atoms with van der Waals surface area (Å²) < 4.78 is 23.7. The van der Waals surface area contributed by atoms with Crippen LogP contribution in [0, 0.1) is 0 Å². The Labute approximate surface area is 153 Å². The van der Waals surface area contributed by atoms with Crippen LogP contribution in [0.4, 0.5) is 5.69 Å². The highest BCUT2D eigenvalue weighted by molar-refractivity contribution is 7.90. The van der Waals surface area contributed by atoms with Crippen LogP contribution in [0.5, 0.6) is 0 Å². The zero-order valence-electron chi connectivity index (χ0n) is 15.0. The minimum atomic E-state index is -3.55. The Kier molecular flexibility index (Phi) is 6.15. The second kappa shape index (κ2) is 8.14. The van der Waals surface area contributed by atoms with Crippen molar-refractivity contribution in [2.24, 2.45) is 0 Å². The first kappa shape index (κ1) is 19.7. The molecule has 0 fully saturated rings. The molecule has 0 atom stereocenters. The minimum Gasteiger partial charge on any atom is -0.332 e. The van der Waals surface area contributed by atoms with Gasteiger partial charge in [-0.1, -0.05) is 37.3 Å². The topological polar surface area (TPSA) is 83.6 Å². The lowest BCUT2D eigenvalue weighted by atomic mass is 10.1. The van der Waals surface area contributed by atoms with E-state index in [0.717, 1.165) is 18.2 Å². The third kappa shape index (κ3) is 4.70. The van der Waals surface area contributed by atoms with E-state index in [1.807, 2.05) is 25.1 Å². The van der Waals surface area contributed by atoms with Crippen LogP contribution in [-0.4, -0.2) is 45.0 Å². The number of benzene rings is 2. The number of para-hydroxylation sites is 1. The van der Waals surface area contributed by atoms with Crippen molar-refractivity contribution < 1.29 is 18.0 Å². The zero-order valence-corrected chi connectivity index (χ0v) is 15.8. The summed E-state index contributed by atoms with van der Waals surface area (Å²) in [5, 5.41) is 2.79. The lowest BCUT2D eigenvalue weighted by Gasteiger charge is -2.19. The number of aryl methyl sites for hydroxylation is 1. The summed E-state index contributed by atoms with van der Waals surface area (Å²) in [6.45, 7) is 1.80. The quantitative estimate of drug-likeness (QED) is 0.841. The lowest BCUT2D eigenvalue weighted by Crippen LogP contribution is -2.35. The van der Waals surface area contributed by atoms with Crippen molar-refractivity contribution >= 4 is 27.3 Å². The summed E-state index contributed by atoms with van der Waals surface area (Å²) >= 11 is 0. The molecule has 2 amide bonds. The molecule has 138 valence electrons. The Balaban J connectivity index is 2.14. The van der Waals surface area contributed by atoms with Gasteiger partial charge in [0.15, 0.2) is 9.84 Å². The van der Waals surface area contributed by atoms with E-state index in [0.29, 0.717) is 5.69 Å². The van der Waals surface area contributed by atoms with Gasteiger partial charge in [0, 0.05) is 19.0 Å². The first-order valence-corrected chi connectivity index (χ1v) is 10.1. The average molecular weight is 374 g/mol. The van der Waals surface area contributed by atoms with E-state index in [4.69, 9.17) is 0 Å². The maximum Gasteiger partial charge on any atom is 0.255 e. The molecule has 0 aliphatic rings. The van der Waals surface area contributed by atoms with Gasteiger partial charge in [-0.3, -0.25) is 9.59 Å². The third-order valence-corrected chi connectivity index (χ3v) is 5.07. The molecule has 0 heterocycles. The van der Waals surface area contributed by atoms with Crippen LogP contribution in [0.3, 0.4) is 0 Å². The molecule has 2 aromatic rings. The molecule has 0 aliphatic heterocycles. The number of carbonyl (C=O) groups excluding carboxylic acids is 2. The van der Waals surface area contributed by atoms with Crippen LogP contribution in [0.2, 0.25) is 0 Å². The number of hydrogen-bond acceptors (Lipinski definition) is 4. The molecule has 2 rings (SSSR count). The smallest absolute Gasteiger partial charge is 0.255 e. The summed E-state index contributed by atoms with van der Waals surface area (Å²) in [7, 11) is -2.08. The number of hydrogen-bond donors (Lipinski definition) is 1. The lowest BCUT2D eigenvalue weighted by molar-refractivity contribution is -0.116. The Hall–Kier alpha value is -2.67. The van der Waals surface area contributed by atoms with Gasteiger partial charge in [0.2, 0.25) is 5.91 Å². The van der Waals surface area contributed by atoms with Crippen molar-refractivity contribution in [2.75, 3.05) is 25.2 Å². The molecule has 2 aromatic carbocycles. The molecule has 0 radical (unpaired) electrons. The zero-order chi connectivity index (χ0) is 19.3. The van der Waals surface area contributed by atoms with Gasteiger partial charge in [-0.25, -0.2) is 8.42 Å². The first-order chi connectivity index (χ1) is 12.2. The molecule has 0 bridgehead atoms. The van der Waals surface area contributed by atoms with Gasteiger partial charge in [-0.05, 0) is 30.2 Å². The van der Waals surface area contributed by atoms with Crippen molar-refractivity contribution in [3.05, 3.63) is 59.7 Å². The van der Waals surface area contributed by atoms with Crippen molar-refractivity contribution in [1.82, 2.24) is 4.90 Å². The monoisotopic (exact) mass is 374 g/mol. The Morgan fingerprint density at radius 1 is 1.04 bits per heavy atom. The van der Waals surface area contributed by atoms with Crippen molar-refractivity contribution in [3.63, 3.8) is 0 Å². The van der Waals surface area contributed by atoms with Crippen LogP contribution in [-0.2, 0) is 21.1 Å². The van der Waals surface area contributed by atoms with E-state index >= 15 is 0 Å². The normalized spacial score (nSPS) is 11.0. The largest absolute Gasteiger partial charge is 0.332 e. The highest BCUT2D eigenvalue weighted by atomic mass is 32.2. The highest BCUT2D eigenvalue weighted by Crippen LogP contribution is 2.18. The molecule has 26 heavy (non-hydrogen) atoms. The number of carbonyl (C=O) groups is 2. The molecule has 0 unspecified atom stereocenters. The van der Waals surface area contributed by atoms with Crippen molar-refractivity contribution in [3.8, 4) is 0 Å². The predicted octanol–water partition coefficient (Wildman–Crippen LogP) is 2.36. The molecule has 0 aliphatic carbocycles. The first-order valence-electron chi connectivity index (χ1n) is 8.16. The Morgan fingerprint density at radius 3 is 2.31 bits per heavy atom. The van der Waals surface area contributed by atoms with Gasteiger partial charge in [0.05, 0.1) is 17.0 Å². The summed E-state index contributed by atoms with van der Waals surface area (Å²) in [5.41, 5.74) is 1.76. The van der Waals surface area contributed by atoms with E-state index in [1.165, 1.54) is 24.1 Å². The number of anilines is 1. The van der Waals surface area contributed by atoms with Crippen LogP contribution in [0.15, 0.2) is 53.4 Å². The molecule has 7 heteroatoms. The van der Waals surface area contributed by atoms with Crippen LogP contribution in [0.25, 0.3) is 0 Å². The standard InChI is InChI=1S/C19H22N2O4S/c1-4-14-9-5-7-11-16(14)20-18(22)13-21(2)19(23)15-10-6-8-12-17(15)26(3,24)25/h5-12H,4,13H2,1-3H3,(H,20,22). The summed E-state index contributed by atoms with van der Waals surface area (Å²) in [5.74, 6) is -0.872. The molecule has 0 saturated heterocycles. The third-order valence-electron chi connectivity index (χ3n) is 3.92. The van der Waals surface area contributed by atoms with Crippen LogP contribution < -0.4 is 5.32 Å². The fourth-order valence-electron chi connectivity index (χ4n) is 2.60. The molecular weight excluding hydrogens is 352 g/mol. The number of likely N-dealkylation sites (N-methyl/N-ethyl adjacent to an activating group) is 1. The Morgan fingerprint density at radius 2 is 1.65 bits per heavy atom. The molecule has 0 aromatic heterocycles. The number of nitrogens with zero attached hydrogens (tertiary/aromatic N) is 1. The molecule has 0 saturated carbocycles. The minimum absolute atomic E-state index is 0.0476. The maximum absolute atomic E-state index is 12.6. The molecule has 0 spiro atoms. The van der Waals surface area contributed by atoms with E-state index in [9.17, 15) is 18.0 Å². The average Bonchev–Trinajstić information content (AvgIpc) is 2.60. The van der Waals surface area contributed by atoms with E-state index in [1.54, 1.807) is 18.2 Å². The van der Waals surface area contributed by atoms with Gasteiger partial charge < -0.3 is 10.2 Å². The van der Waals surface area contributed by atoms with E-state index < -0.39 is 15.7 Å². The van der Waals surface area contributed by atoms with Gasteiger partial charge in [-0.2, -0.15) is 0 Å². The van der Waals surface area contributed by atoms with Crippen LogP contribution >= 0.6 is 0 Å². The molecular formula is C19H22N2O4S. The van der Waals surface area contributed by atoms with Gasteiger partial charge in [0.25, 0.3) is 5.91 Å². The second-order valence-corrected chi connectivity index (χ2v) is 7.97. The predicted molar refractivity (Wildman–Crippen MR) is 101 cm³/mol. The molecule has 6 nitrogen and oxygen atoms in total. The maximum atomic E-state index is 12.6. The van der Waals surface area contributed by atoms with Crippen LogP contribution in [0.1, 0.15) is 22.8 Å². The fraction of sp³-hybridized carbons (Fsp3) is 0.263. The Bertz CT molecular complexity index is 923. The van der Waals surface area contributed by atoms with Crippen molar-refractivity contribution in [2.45, 2.75) is 18.2 Å².